The van der Waals surface area contributed by atoms with Crippen LogP contribution in [0.1, 0.15) is 50.9 Å². The van der Waals surface area contributed by atoms with E-state index < -0.39 is 98.7 Å². The SMILES string of the molecule is CO[C@@]12CO[C@@H]1C[C@H](OS(=O)(=O)C(F)(F)F)[C@@]1(C)C(=O)[C@H](O)C3=C(C)[C@@H](O)C[C@@](O)([C@@H](OC(=O)c4ccccc4)[C@H]21)C3(C)C. The summed E-state index contributed by atoms with van der Waals surface area (Å²) in [7, 11) is -5.07. The highest BCUT2D eigenvalue weighted by Gasteiger charge is 2.77. The van der Waals surface area contributed by atoms with Gasteiger partial charge in [-0.3, -0.25) is 8.98 Å². The number of aliphatic hydroxyl groups excluding tert-OH is 2. The van der Waals surface area contributed by atoms with Crippen LogP contribution in [0.4, 0.5) is 13.2 Å². The third kappa shape index (κ3) is 4.34. The molecule has 0 amide bonds. The maximum absolute atomic E-state index is 14.5. The first-order valence-electron chi connectivity index (χ1n) is 14.0. The summed E-state index contributed by atoms with van der Waals surface area (Å²) >= 11 is 0. The van der Waals surface area contributed by atoms with E-state index in [0.717, 1.165) is 6.92 Å². The summed E-state index contributed by atoms with van der Waals surface area (Å²) in [5, 5.41) is 35.5. The number of rotatable bonds is 5. The second kappa shape index (κ2) is 10.3. The minimum absolute atomic E-state index is 0.0310. The monoisotopic (exact) mass is 648 g/mol. The van der Waals surface area contributed by atoms with Crippen molar-refractivity contribution in [3.8, 4) is 0 Å². The lowest BCUT2D eigenvalue weighted by molar-refractivity contribution is -0.349. The Labute approximate surface area is 252 Å². The summed E-state index contributed by atoms with van der Waals surface area (Å²) < 4.78 is 87.9. The minimum Gasteiger partial charge on any atom is -0.455 e. The highest BCUT2D eigenvalue weighted by atomic mass is 32.2. The molecule has 4 aliphatic rings. The van der Waals surface area contributed by atoms with Gasteiger partial charge in [0.15, 0.2) is 5.78 Å². The van der Waals surface area contributed by atoms with E-state index in [1.807, 2.05) is 0 Å². The van der Waals surface area contributed by atoms with Crippen LogP contribution in [0.5, 0.6) is 0 Å². The molecule has 1 aliphatic heterocycles. The Bertz CT molecular complexity index is 1490. The molecular weight excluding hydrogens is 613 g/mol. The first kappa shape index (κ1) is 33.0. The number of benzene rings is 1. The zero-order chi connectivity index (χ0) is 32.8. The number of hydrogen-bond donors (Lipinski definition) is 3. The number of Topliss-reactive ketones (excluding diaryl/α,β-unsaturated/α-hetero) is 1. The average molecular weight is 649 g/mol. The van der Waals surface area contributed by atoms with E-state index in [-0.39, 0.29) is 23.3 Å². The van der Waals surface area contributed by atoms with E-state index in [2.05, 4.69) is 0 Å². The molecule has 0 unspecified atom stereocenters. The van der Waals surface area contributed by atoms with Crippen LogP contribution >= 0.6 is 0 Å². The van der Waals surface area contributed by atoms with Crippen LogP contribution in [-0.4, -0.2) is 96.4 Å². The fourth-order valence-corrected chi connectivity index (χ4v) is 8.57. The summed E-state index contributed by atoms with van der Waals surface area (Å²) in [6, 6.07) is 7.57. The van der Waals surface area contributed by atoms with Crippen molar-refractivity contribution in [3.63, 3.8) is 0 Å². The summed E-state index contributed by atoms with van der Waals surface area (Å²) in [6.07, 6.45) is -9.74. The fraction of sp³-hybridized carbons (Fsp3) is 0.655. The van der Waals surface area contributed by atoms with Gasteiger partial charge in [0.2, 0.25) is 0 Å². The number of ether oxygens (including phenoxy) is 3. The van der Waals surface area contributed by atoms with Crippen LogP contribution in [0.3, 0.4) is 0 Å². The van der Waals surface area contributed by atoms with Crippen LogP contribution in [0, 0.1) is 16.7 Å². The maximum Gasteiger partial charge on any atom is 0.523 e. The largest absolute Gasteiger partial charge is 0.523 e. The van der Waals surface area contributed by atoms with E-state index in [1.54, 1.807) is 18.2 Å². The van der Waals surface area contributed by atoms with E-state index >= 15 is 0 Å². The Hall–Kier alpha value is -2.40. The Morgan fingerprint density at radius 1 is 1.11 bits per heavy atom. The predicted molar refractivity (Wildman–Crippen MR) is 144 cm³/mol. The molecule has 0 aromatic heterocycles. The number of fused-ring (bicyclic) bond motifs is 5. The highest BCUT2D eigenvalue weighted by molar-refractivity contribution is 7.87. The fourth-order valence-electron chi connectivity index (χ4n) is 7.88. The molecule has 1 aromatic rings. The van der Waals surface area contributed by atoms with Crippen molar-refractivity contribution in [3.05, 3.63) is 47.0 Å². The van der Waals surface area contributed by atoms with Gasteiger partial charge in [-0.1, -0.05) is 32.0 Å². The number of aliphatic hydroxyl groups is 3. The van der Waals surface area contributed by atoms with Crippen molar-refractivity contribution in [2.24, 2.45) is 16.7 Å². The van der Waals surface area contributed by atoms with Crippen LogP contribution in [0.15, 0.2) is 41.5 Å². The molecule has 11 nitrogen and oxygen atoms in total. The molecule has 3 N–H and O–H groups in total. The summed E-state index contributed by atoms with van der Waals surface area (Å²) in [5.74, 6) is -3.79. The quantitative estimate of drug-likeness (QED) is 0.185. The molecule has 0 radical (unpaired) electrons. The van der Waals surface area contributed by atoms with Crippen molar-refractivity contribution in [1.29, 1.82) is 0 Å². The average Bonchev–Trinajstić information content (AvgIpc) is 2.93. The highest BCUT2D eigenvalue weighted by Crippen LogP contribution is 2.64. The molecule has 1 saturated heterocycles. The third-order valence-corrected chi connectivity index (χ3v) is 11.5. The van der Waals surface area contributed by atoms with Crippen LogP contribution in [0.2, 0.25) is 0 Å². The molecule has 44 heavy (non-hydrogen) atoms. The molecule has 1 aromatic carbocycles. The number of carbonyl (C=O) groups excluding carboxylic acids is 2. The third-order valence-electron chi connectivity index (χ3n) is 10.5. The summed E-state index contributed by atoms with van der Waals surface area (Å²) in [6.45, 7) is 5.23. The lowest BCUT2D eigenvalue weighted by Gasteiger charge is -2.68. The van der Waals surface area contributed by atoms with Crippen molar-refractivity contribution in [1.82, 2.24) is 0 Å². The van der Waals surface area contributed by atoms with Gasteiger partial charge in [0, 0.05) is 31.3 Å². The lowest BCUT2D eigenvalue weighted by atomic mass is 9.44. The first-order valence-corrected chi connectivity index (χ1v) is 15.4. The summed E-state index contributed by atoms with van der Waals surface area (Å²) in [5.41, 5.74) is -13.8. The number of ketones is 1. The van der Waals surface area contributed by atoms with Gasteiger partial charge in [-0.15, -0.1) is 0 Å². The van der Waals surface area contributed by atoms with Gasteiger partial charge in [-0.25, -0.2) is 4.79 Å². The topological polar surface area (TPSA) is 166 Å². The Kier molecular flexibility index (Phi) is 7.72. The van der Waals surface area contributed by atoms with Crippen molar-refractivity contribution in [2.45, 2.75) is 87.8 Å². The van der Waals surface area contributed by atoms with Gasteiger partial charge in [-0.2, -0.15) is 21.6 Å². The van der Waals surface area contributed by atoms with Gasteiger partial charge in [0.1, 0.15) is 23.4 Å². The van der Waals surface area contributed by atoms with Crippen LogP contribution in [-0.2, 0) is 33.3 Å². The molecule has 9 atom stereocenters. The molecule has 3 fully saturated rings. The smallest absolute Gasteiger partial charge is 0.455 e. The van der Waals surface area contributed by atoms with E-state index in [9.17, 15) is 46.5 Å². The molecular formula is C29H35F3O11S. The van der Waals surface area contributed by atoms with Gasteiger partial charge in [0.05, 0.1) is 35.9 Å². The maximum atomic E-state index is 14.5. The first-order chi connectivity index (χ1) is 20.2. The zero-order valence-corrected chi connectivity index (χ0v) is 25.4. The van der Waals surface area contributed by atoms with Crippen molar-refractivity contribution < 1.29 is 64.9 Å². The Morgan fingerprint density at radius 3 is 2.25 bits per heavy atom. The van der Waals surface area contributed by atoms with Crippen LogP contribution in [0.25, 0.3) is 0 Å². The molecule has 3 aliphatic carbocycles. The second-order valence-corrected chi connectivity index (χ2v) is 14.3. The molecule has 5 rings (SSSR count). The molecule has 1 heterocycles. The van der Waals surface area contributed by atoms with Crippen LogP contribution < -0.4 is 0 Å². The number of alkyl halides is 3. The van der Waals surface area contributed by atoms with Gasteiger partial charge in [-0.05, 0) is 37.1 Å². The molecule has 0 spiro atoms. The minimum atomic E-state index is -6.30. The number of esters is 1. The predicted octanol–water partition coefficient (Wildman–Crippen LogP) is 2.04. The van der Waals surface area contributed by atoms with Crippen molar-refractivity contribution >= 4 is 21.9 Å². The van der Waals surface area contributed by atoms with Crippen molar-refractivity contribution in [2.75, 3.05) is 13.7 Å². The van der Waals surface area contributed by atoms with Gasteiger partial charge < -0.3 is 29.5 Å². The normalized spacial score (nSPS) is 40.2. The molecule has 15 heteroatoms. The number of halogens is 3. The number of carbonyl (C=O) groups is 2. The Morgan fingerprint density at radius 2 is 1.73 bits per heavy atom. The van der Waals surface area contributed by atoms with E-state index in [4.69, 9.17) is 18.4 Å². The number of methoxy groups -OCH3 is 1. The molecule has 2 bridgehead atoms. The van der Waals surface area contributed by atoms with E-state index in [1.165, 1.54) is 40.0 Å². The lowest BCUT2D eigenvalue weighted by Crippen LogP contribution is -2.81. The van der Waals surface area contributed by atoms with Gasteiger partial charge >= 0.3 is 21.6 Å². The second-order valence-electron chi connectivity index (χ2n) is 12.8. The van der Waals surface area contributed by atoms with Gasteiger partial charge in [0.25, 0.3) is 0 Å². The standard InChI is InChI=1S/C29H35F3O11S/c1-14-16(33)12-28(37)23(42-24(36)15-9-7-6-8-10-15)21-26(4,22(35)20(34)19(14)25(28,2)3)17(43-44(38,39)29(30,31)32)11-18-27(21,40-5)13-41-18/h6-10,16-18,20-21,23,33-34,37H,11-13H2,1-5H3/t16-,17-,18+,20+,21-,23-,26+,27-,28+/m0/s1. The molecule has 2 saturated carbocycles. The number of hydrogen-bond acceptors (Lipinski definition) is 11. The Balaban J connectivity index is 1.82. The zero-order valence-electron chi connectivity index (χ0n) is 24.6. The van der Waals surface area contributed by atoms with E-state index in [0.29, 0.717) is 0 Å². The summed E-state index contributed by atoms with van der Waals surface area (Å²) in [4.78, 5) is 28.2. The molecule has 244 valence electrons.